The van der Waals surface area contributed by atoms with Crippen LogP contribution in [-0.4, -0.2) is 38.0 Å². The fourth-order valence-electron chi connectivity index (χ4n) is 1.79. The zero-order valence-corrected chi connectivity index (χ0v) is 12.6. The highest BCUT2D eigenvalue weighted by atomic mass is 32.2. The van der Waals surface area contributed by atoms with E-state index >= 15 is 0 Å². The van der Waals surface area contributed by atoms with Gasteiger partial charge in [0, 0.05) is 12.6 Å². The Labute approximate surface area is 115 Å². The molecule has 1 rings (SSSR count). The average molecular weight is 285 g/mol. The standard InChI is InChI=1S/C14H23NO3S/c1-11(2)15-8-14(16)10-19(17,18)9-13-7-5-4-6-12(13)3/h4-7,11,14-16H,8-10H2,1-3H3. The van der Waals surface area contributed by atoms with Crippen molar-refractivity contribution in [3.05, 3.63) is 35.4 Å². The summed E-state index contributed by atoms with van der Waals surface area (Å²) in [5.41, 5.74) is 1.76. The van der Waals surface area contributed by atoms with E-state index in [1.165, 1.54) is 0 Å². The third-order valence-electron chi connectivity index (χ3n) is 2.84. The van der Waals surface area contributed by atoms with E-state index in [1.807, 2.05) is 45.0 Å². The maximum Gasteiger partial charge on any atom is 0.157 e. The van der Waals surface area contributed by atoms with Gasteiger partial charge in [0.25, 0.3) is 0 Å². The molecule has 0 spiro atoms. The molecule has 0 saturated carbocycles. The molecular weight excluding hydrogens is 262 g/mol. The molecule has 0 heterocycles. The minimum Gasteiger partial charge on any atom is -0.391 e. The summed E-state index contributed by atoms with van der Waals surface area (Å²) in [6.07, 6.45) is -0.864. The largest absolute Gasteiger partial charge is 0.391 e. The third kappa shape index (κ3) is 6.18. The van der Waals surface area contributed by atoms with Gasteiger partial charge in [0.1, 0.15) is 0 Å². The van der Waals surface area contributed by atoms with Gasteiger partial charge in [-0.25, -0.2) is 8.42 Å². The average Bonchev–Trinajstić information content (AvgIpc) is 2.28. The summed E-state index contributed by atoms with van der Waals surface area (Å²) in [5, 5.41) is 12.8. The lowest BCUT2D eigenvalue weighted by atomic mass is 10.1. The van der Waals surface area contributed by atoms with Crippen LogP contribution in [0.25, 0.3) is 0 Å². The monoisotopic (exact) mass is 285 g/mol. The fraction of sp³-hybridized carbons (Fsp3) is 0.571. The molecule has 0 aliphatic heterocycles. The number of benzene rings is 1. The topological polar surface area (TPSA) is 66.4 Å². The molecule has 0 aromatic heterocycles. The third-order valence-corrected chi connectivity index (χ3v) is 4.49. The first kappa shape index (κ1) is 16.1. The van der Waals surface area contributed by atoms with Gasteiger partial charge in [0.2, 0.25) is 0 Å². The Morgan fingerprint density at radius 2 is 1.89 bits per heavy atom. The van der Waals surface area contributed by atoms with E-state index in [9.17, 15) is 13.5 Å². The van der Waals surface area contributed by atoms with Gasteiger partial charge in [0.15, 0.2) is 9.84 Å². The van der Waals surface area contributed by atoms with Crippen molar-refractivity contribution in [2.75, 3.05) is 12.3 Å². The summed E-state index contributed by atoms with van der Waals surface area (Å²) >= 11 is 0. The predicted molar refractivity (Wildman–Crippen MR) is 77.8 cm³/mol. The van der Waals surface area contributed by atoms with Crippen LogP contribution in [0, 0.1) is 6.92 Å². The first-order valence-corrected chi connectivity index (χ1v) is 8.28. The maximum absolute atomic E-state index is 12.0. The summed E-state index contributed by atoms with van der Waals surface area (Å²) in [6, 6.07) is 7.64. The zero-order valence-electron chi connectivity index (χ0n) is 11.8. The number of rotatable bonds is 7. The minimum atomic E-state index is -3.29. The molecule has 4 nitrogen and oxygen atoms in total. The van der Waals surface area contributed by atoms with Gasteiger partial charge < -0.3 is 10.4 Å². The Kier molecular flexibility index (Phi) is 5.97. The van der Waals surface area contributed by atoms with Crippen LogP contribution in [0.15, 0.2) is 24.3 Å². The molecule has 1 aromatic carbocycles. The van der Waals surface area contributed by atoms with Gasteiger partial charge in [-0.15, -0.1) is 0 Å². The fourth-order valence-corrected chi connectivity index (χ4v) is 3.41. The number of sulfone groups is 1. The van der Waals surface area contributed by atoms with Crippen molar-refractivity contribution >= 4 is 9.84 Å². The first-order chi connectivity index (χ1) is 8.80. The van der Waals surface area contributed by atoms with Gasteiger partial charge in [-0.1, -0.05) is 38.1 Å². The van der Waals surface area contributed by atoms with Gasteiger partial charge in [-0.05, 0) is 18.1 Å². The van der Waals surface area contributed by atoms with Crippen molar-refractivity contribution in [1.29, 1.82) is 0 Å². The van der Waals surface area contributed by atoms with Gasteiger partial charge >= 0.3 is 0 Å². The van der Waals surface area contributed by atoms with Crippen molar-refractivity contribution in [2.24, 2.45) is 0 Å². The van der Waals surface area contributed by atoms with Crippen molar-refractivity contribution < 1.29 is 13.5 Å². The second-order valence-electron chi connectivity index (χ2n) is 5.20. The summed E-state index contributed by atoms with van der Waals surface area (Å²) in [7, 11) is -3.29. The Hall–Kier alpha value is -0.910. The summed E-state index contributed by atoms with van der Waals surface area (Å²) in [6.45, 7) is 6.09. The Morgan fingerprint density at radius 1 is 1.26 bits per heavy atom. The van der Waals surface area contributed by atoms with Gasteiger partial charge in [-0.2, -0.15) is 0 Å². The number of aryl methyl sites for hydroxylation is 1. The van der Waals surface area contributed by atoms with E-state index in [-0.39, 0.29) is 17.5 Å². The van der Waals surface area contributed by atoms with Crippen LogP contribution in [0.3, 0.4) is 0 Å². The zero-order chi connectivity index (χ0) is 14.5. The van der Waals surface area contributed by atoms with Crippen LogP contribution in [0.4, 0.5) is 0 Å². The normalized spacial score (nSPS) is 13.7. The van der Waals surface area contributed by atoms with Gasteiger partial charge in [0.05, 0.1) is 17.6 Å². The van der Waals surface area contributed by atoms with Crippen LogP contribution < -0.4 is 5.32 Å². The molecule has 1 unspecified atom stereocenters. The number of hydrogen-bond acceptors (Lipinski definition) is 4. The van der Waals surface area contributed by atoms with Crippen molar-refractivity contribution in [3.63, 3.8) is 0 Å². The summed E-state index contributed by atoms with van der Waals surface area (Å²) in [4.78, 5) is 0. The molecule has 1 aromatic rings. The molecule has 19 heavy (non-hydrogen) atoms. The predicted octanol–water partition coefficient (Wildman–Crippen LogP) is 1.27. The molecule has 0 fully saturated rings. The Morgan fingerprint density at radius 3 is 2.47 bits per heavy atom. The lowest BCUT2D eigenvalue weighted by Gasteiger charge is -2.14. The van der Waals surface area contributed by atoms with E-state index in [0.29, 0.717) is 6.54 Å². The molecule has 5 heteroatoms. The molecular formula is C14H23NO3S. The second kappa shape index (κ2) is 7.03. The number of hydrogen-bond donors (Lipinski definition) is 2. The number of aliphatic hydroxyl groups excluding tert-OH is 1. The molecule has 0 radical (unpaired) electrons. The second-order valence-corrected chi connectivity index (χ2v) is 7.31. The quantitative estimate of drug-likeness (QED) is 0.792. The first-order valence-electron chi connectivity index (χ1n) is 6.46. The van der Waals surface area contributed by atoms with Crippen LogP contribution in [-0.2, 0) is 15.6 Å². The molecule has 0 saturated heterocycles. The SMILES string of the molecule is Cc1ccccc1CS(=O)(=O)CC(O)CNC(C)C. The molecule has 2 N–H and O–H groups in total. The van der Waals surface area contributed by atoms with Crippen LogP contribution in [0.5, 0.6) is 0 Å². The molecule has 0 amide bonds. The molecule has 0 aliphatic carbocycles. The van der Waals surface area contributed by atoms with E-state index in [1.54, 1.807) is 0 Å². The van der Waals surface area contributed by atoms with Crippen LogP contribution in [0.2, 0.25) is 0 Å². The van der Waals surface area contributed by atoms with E-state index in [4.69, 9.17) is 0 Å². The van der Waals surface area contributed by atoms with Crippen LogP contribution >= 0.6 is 0 Å². The molecule has 108 valence electrons. The minimum absolute atomic E-state index is 0.0155. The molecule has 0 bridgehead atoms. The lowest BCUT2D eigenvalue weighted by Crippen LogP contribution is -2.36. The summed E-state index contributed by atoms with van der Waals surface area (Å²) < 4.78 is 24.0. The molecule has 0 aliphatic rings. The Bertz CT molecular complexity index is 497. The smallest absolute Gasteiger partial charge is 0.157 e. The van der Waals surface area contributed by atoms with E-state index < -0.39 is 15.9 Å². The lowest BCUT2D eigenvalue weighted by molar-refractivity contribution is 0.190. The van der Waals surface area contributed by atoms with Gasteiger partial charge in [-0.3, -0.25) is 0 Å². The Balaban J connectivity index is 2.59. The van der Waals surface area contributed by atoms with Crippen LogP contribution in [0.1, 0.15) is 25.0 Å². The van der Waals surface area contributed by atoms with Crippen molar-refractivity contribution in [2.45, 2.75) is 38.7 Å². The van der Waals surface area contributed by atoms with Crippen molar-refractivity contribution in [1.82, 2.24) is 5.32 Å². The highest BCUT2D eigenvalue weighted by molar-refractivity contribution is 7.90. The number of aliphatic hydroxyl groups is 1. The number of nitrogens with one attached hydrogen (secondary N) is 1. The maximum atomic E-state index is 12.0. The summed E-state index contributed by atoms with van der Waals surface area (Å²) in [5.74, 6) is -0.223. The van der Waals surface area contributed by atoms with E-state index in [2.05, 4.69) is 5.32 Å². The van der Waals surface area contributed by atoms with E-state index in [0.717, 1.165) is 11.1 Å². The highest BCUT2D eigenvalue weighted by Crippen LogP contribution is 2.12. The highest BCUT2D eigenvalue weighted by Gasteiger charge is 2.18. The molecule has 1 atom stereocenters. The van der Waals surface area contributed by atoms with Crippen molar-refractivity contribution in [3.8, 4) is 0 Å².